The normalized spacial score (nSPS) is 11.6. The van der Waals surface area contributed by atoms with Crippen LogP contribution < -0.4 is 11.1 Å². The molecule has 0 aliphatic heterocycles. The Morgan fingerprint density at radius 2 is 1.74 bits per heavy atom. The summed E-state index contributed by atoms with van der Waals surface area (Å²) in [6.45, 7) is 0. The van der Waals surface area contributed by atoms with E-state index in [-0.39, 0.29) is 12.2 Å². The maximum Gasteiger partial charge on any atom is 0.288 e. The number of nitrogens with zero attached hydrogens (tertiary/aromatic N) is 3. The van der Waals surface area contributed by atoms with Crippen molar-refractivity contribution in [2.24, 2.45) is 5.73 Å². The monoisotopic (exact) mass is 363 g/mol. The number of aromatic nitrogens is 3. The van der Waals surface area contributed by atoms with Crippen LogP contribution in [-0.2, 0) is 16.0 Å². The zero-order valence-corrected chi connectivity index (χ0v) is 14.3. The van der Waals surface area contributed by atoms with Crippen molar-refractivity contribution in [3.05, 3.63) is 78.5 Å². The fourth-order valence-corrected chi connectivity index (χ4v) is 2.61. The number of primary amides is 1. The number of imidazole rings is 1. The van der Waals surface area contributed by atoms with Crippen molar-refractivity contribution in [1.82, 2.24) is 19.9 Å². The number of benzene rings is 1. The number of carbonyl (C=O) groups excluding carboxylic acids is 3. The number of rotatable bonds is 7. The molecular weight excluding hydrogens is 346 g/mol. The summed E-state index contributed by atoms with van der Waals surface area (Å²) in [6, 6.07) is 13.2. The molecule has 8 nitrogen and oxygen atoms in total. The Morgan fingerprint density at radius 1 is 1.00 bits per heavy atom. The summed E-state index contributed by atoms with van der Waals surface area (Å²) < 4.78 is 1.49. The number of nitrogens with two attached hydrogens (primary N) is 1. The molecule has 27 heavy (non-hydrogen) atoms. The van der Waals surface area contributed by atoms with Crippen molar-refractivity contribution in [2.75, 3.05) is 0 Å². The third-order valence-corrected chi connectivity index (χ3v) is 3.89. The molecule has 0 bridgehead atoms. The first-order valence-electron chi connectivity index (χ1n) is 8.19. The summed E-state index contributed by atoms with van der Waals surface area (Å²) in [6.07, 6.45) is 4.76. The summed E-state index contributed by atoms with van der Waals surface area (Å²) in [5, 5.41) is 2.56. The van der Waals surface area contributed by atoms with Gasteiger partial charge < -0.3 is 11.1 Å². The molecule has 0 fully saturated rings. The molecule has 8 heteroatoms. The highest BCUT2D eigenvalue weighted by atomic mass is 16.2. The second-order valence-electron chi connectivity index (χ2n) is 5.75. The van der Waals surface area contributed by atoms with Gasteiger partial charge in [0.15, 0.2) is 0 Å². The van der Waals surface area contributed by atoms with Crippen LogP contribution in [0, 0.1) is 0 Å². The SMILES string of the molecule is NC(=O)C(=O)C(Cc1ccccc1)NC(=O)c1nccn1-c1ccccn1. The van der Waals surface area contributed by atoms with Gasteiger partial charge in [0.05, 0.1) is 0 Å². The minimum Gasteiger partial charge on any atom is -0.363 e. The van der Waals surface area contributed by atoms with E-state index in [1.165, 1.54) is 10.8 Å². The predicted octanol–water partition coefficient (Wildman–Crippen LogP) is 0.663. The van der Waals surface area contributed by atoms with Gasteiger partial charge in [-0.1, -0.05) is 36.4 Å². The molecule has 0 saturated carbocycles. The van der Waals surface area contributed by atoms with Gasteiger partial charge in [-0.05, 0) is 17.7 Å². The minimum absolute atomic E-state index is 0.0454. The topological polar surface area (TPSA) is 120 Å². The van der Waals surface area contributed by atoms with Gasteiger partial charge in [0, 0.05) is 25.0 Å². The van der Waals surface area contributed by atoms with E-state index >= 15 is 0 Å². The van der Waals surface area contributed by atoms with Crippen molar-refractivity contribution in [3.63, 3.8) is 0 Å². The van der Waals surface area contributed by atoms with Crippen LogP contribution >= 0.6 is 0 Å². The van der Waals surface area contributed by atoms with Gasteiger partial charge in [-0.25, -0.2) is 9.97 Å². The lowest BCUT2D eigenvalue weighted by Crippen LogP contribution is -2.47. The zero-order valence-electron chi connectivity index (χ0n) is 14.3. The van der Waals surface area contributed by atoms with Crippen molar-refractivity contribution in [1.29, 1.82) is 0 Å². The van der Waals surface area contributed by atoms with Crippen molar-refractivity contribution < 1.29 is 14.4 Å². The fourth-order valence-electron chi connectivity index (χ4n) is 2.61. The van der Waals surface area contributed by atoms with Crippen LogP contribution in [0.15, 0.2) is 67.1 Å². The molecule has 3 rings (SSSR count). The van der Waals surface area contributed by atoms with E-state index in [1.54, 1.807) is 54.9 Å². The quantitative estimate of drug-likeness (QED) is 0.598. The summed E-state index contributed by atoms with van der Waals surface area (Å²) >= 11 is 0. The van der Waals surface area contributed by atoms with Crippen LogP contribution in [0.5, 0.6) is 0 Å². The minimum atomic E-state index is -1.11. The lowest BCUT2D eigenvalue weighted by molar-refractivity contribution is -0.137. The summed E-state index contributed by atoms with van der Waals surface area (Å²) in [7, 11) is 0. The lowest BCUT2D eigenvalue weighted by Gasteiger charge is -2.16. The number of carbonyl (C=O) groups is 3. The number of pyridine rings is 1. The molecule has 1 atom stereocenters. The number of hydrogen-bond acceptors (Lipinski definition) is 5. The summed E-state index contributed by atoms with van der Waals surface area (Å²) in [5.41, 5.74) is 5.92. The van der Waals surface area contributed by atoms with E-state index < -0.39 is 23.6 Å². The molecule has 3 N–H and O–H groups in total. The Hall–Kier alpha value is -3.81. The highest BCUT2D eigenvalue weighted by Gasteiger charge is 2.27. The zero-order chi connectivity index (χ0) is 19.2. The van der Waals surface area contributed by atoms with Crippen LogP contribution in [-0.4, -0.2) is 38.2 Å². The van der Waals surface area contributed by atoms with Crippen molar-refractivity contribution >= 4 is 17.6 Å². The number of amides is 2. The molecule has 0 saturated heterocycles. The van der Waals surface area contributed by atoms with Crippen LogP contribution in [0.3, 0.4) is 0 Å². The van der Waals surface area contributed by atoms with Gasteiger partial charge in [0.1, 0.15) is 11.9 Å². The van der Waals surface area contributed by atoms with Gasteiger partial charge in [-0.3, -0.25) is 19.0 Å². The van der Waals surface area contributed by atoms with E-state index in [1.807, 2.05) is 6.07 Å². The molecule has 0 aliphatic carbocycles. The highest BCUT2D eigenvalue weighted by Crippen LogP contribution is 2.09. The predicted molar refractivity (Wildman–Crippen MR) is 97.0 cm³/mol. The second-order valence-corrected chi connectivity index (χ2v) is 5.75. The Labute approximate surface area is 155 Å². The number of nitrogens with one attached hydrogen (secondary N) is 1. The lowest BCUT2D eigenvalue weighted by atomic mass is 10.0. The number of Topliss-reactive ketones (excluding diaryl/α,β-unsaturated/α-hetero) is 1. The fraction of sp³-hybridized carbons (Fsp3) is 0.105. The average molecular weight is 363 g/mol. The molecule has 2 amide bonds. The molecule has 0 aliphatic rings. The number of ketones is 1. The second kappa shape index (κ2) is 8.05. The molecule has 1 aromatic carbocycles. The van der Waals surface area contributed by atoms with Crippen LogP contribution in [0.25, 0.3) is 5.82 Å². The van der Waals surface area contributed by atoms with Crippen molar-refractivity contribution in [3.8, 4) is 5.82 Å². The van der Waals surface area contributed by atoms with Gasteiger partial charge in [0.25, 0.3) is 11.8 Å². The summed E-state index contributed by atoms with van der Waals surface area (Å²) in [4.78, 5) is 44.5. The maximum atomic E-state index is 12.7. The number of hydrogen-bond donors (Lipinski definition) is 2. The average Bonchev–Trinajstić information content (AvgIpc) is 3.18. The van der Waals surface area contributed by atoms with E-state index in [2.05, 4.69) is 15.3 Å². The van der Waals surface area contributed by atoms with Gasteiger partial charge in [-0.15, -0.1) is 0 Å². The molecule has 1 unspecified atom stereocenters. The van der Waals surface area contributed by atoms with Crippen LogP contribution in [0.1, 0.15) is 16.2 Å². The van der Waals surface area contributed by atoms with E-state index in [4.69, 9.17) is 5.73 Å². The Balaban J connectivity index is 1.84. The first-order chi connectivity index (χ1) is 13.1. The largest absolute Gasteiger partial charge is 0.363 e. The van der Waals surface area contributed by atoms with E-state index in [0.717, 1.165) is 5.56 Å². The van der Waals surface area contributed by atoms with Gasteiger partial charge in [-0.2, -0.15) is 0 Å². The smallest absolute Gasteiger partial charge is 0.288 e. The molecule has 0 spiro atoms. The molecule has 2 aromatic heterocycles. The third kappa shape index (κ3) is 4.24. The molecule has 3 aromatic rings. The van der Waals surface area contributed by atoms with Gasteiger partial charge in [0.2, 0.25) is 11.6 Å². The Morgan fingerprint density at radius 3 is 2.41 bits per heavy atom. The summed E-state index contributed by atoms with van der Waals surface area (Å²) in [5.74, 6) is -2.04. The van der Waals surface area contributed by atoms with E-state index in [9.17, 15) is 14.4 Å². The molecule has 136 valence electrons. The highest BCUT2D eigenvalue weighted by molar-refractivity contribution is 6.38. The van der Waals surface area contributed by atoms with Crippen molar-refractivity contribution in [2.45, 2.75) is 12.5 Å². The molecule has 2 heterocycles. The standard InChI is InChI=1S/C19H17N5O3/c20-17(26)16(25)14(12-13-6-2-1-3-7-13)23-19(27)18-22-10-11-24(18)15-8-4-5-9-21-15/h1-11,14H,12H2,(H2,20,26)(H,23,27). The third-order valence-electron chi connectivity index (χ3n) is 3.89. The van der Waals surface area contributed by atoms with Gasteiger partial charge >= 0.3 is 0 Å². The first-order valence-corrected chi connectivity index (χ1v) is 8.19. The van der Waals surface area contributed by atoms with Crippen LogP contribution in [0.2, 0.25) is 0 Å². The molecular formula is C19H17N5O3. The maximum absolute atomic E-state index is 12.7. The van der Waals surface area contributed by atoms with Crippen LogP contribution in [0.4, 0.5) is 0 Å². The Kier molecular flexibility index (Phi) is 5.36. The van der Waals surface area contributed by atoms with E-state index in [0.29, 0.717) is 5.82 Å². The molecule has 0 radical (unpaired) electrons. The first kappa shape index (κ1) is 18.0. The Bertz CT molecular complexity index is 954.